The van der Waals surface area contributed by atoms with Crippen LogP contribution in [0.15, 0.2) is 78.9 Å². The van der Waals surface area contributed by atoms with Crippen LogP contribution in [0.1, 0.15) is 42.3 Å². The molecule has 0 heterocycles. The second-order valence-electron chi connectivity index (χ2n) is 9.21. The average Bonchev–Trinajstić information content (AvgIpc) is 2.87. The van der Waals surface area contributed by atoms with Crippen LogP contribution in [0.5, 0.6) is 11.5 Å². The lowest BCUT2D eigenvalue weighted by Crippen LogP contribution is -2.45. The molecule has 9 heteroatoms. The number of carbonyl (C=O) groups is 3. The van der Waals surface area contributed by atoms with Crippen molar-refractivity contribution < 1.29 is 33.8 Å². The first-order chi connectivity index (χ1) is 17.6. The predicted octanol–water partition coefficient (Wildman–Crippen LogP) is 4.78. The van der Waals surface area contributed by atoms with Gasteiger partial charge < -0.3 is 19.5 Å². The molecule has 0 radical (unpaired) electrons. The van der Waals surface area contributed by atoms with Gasteiger partial charge in [0.05, 0.1) is 0 Å². The van der Waals surface area contributed by atoms with Gasteiger partial charge in [0.25, 0.3) is 5.91 Å². The van der Waals surface area contributed by atoms with Crippen LogP contribution in [-0.4, -0.2) is 34.8 Å². The summed E-state index contributed by atoms with van der Waals surface area (Å²) in [5.74, 6) is -0.169. The molecule has 0 aliphatic rings. The van der Waals surface area contributed by atoms with Crippen molar-refractivity contribution in [3.8, 4) is 11.5 Å². The van der Waals surface area contributed by atoms with Gasteiger partial charge >= 0.3 is 12.1 Å². The molecule has 0 aliphatic carbocycles. The molecule has 1 unspecified atom stereocenters. The van der Waals surface area contributed by atoms with E-state index in [1.807, 2.05) is 30.3 Å². The zero-order chi connectivity index (χ0) is 26.8. The van der Waals surface area contributed by atoms with E-state index in [9.17, 15) is 14.4 Å². The zero-order valence-corrected chi connectivity index (χ0v) is 20.9. The van der Waals surface area contributed by atoms with Crippen molar-refractivity contribution in [3.05, 3.63) is 95.6 Å². The number of benzene rings is 3. The molecule has 0 bridgehead atoms. The van der Waals surface area contributed by atoms with Crippen LogP contribution in [0.3, 0.4) is 0 Å². The highest BCUT2D eigenvalue weighted by Crippen LogP contribution is 2.23. The molecule has 3 aromatic carbocycles. The maximum Gasteiger partial charge on any atom is 0.408 e. The molecule has 194 valence electrons. The van der Waals surface area contributed by atoms with Gasteiger partial charge in [-0.25, -0.2) is 15.1 Å². The highest BCUT2D eigenvalue weighted by atomic mass is 16.6. The molecule has 9 nitrogen and oxygen atoms in total. The second kappa shape index (κ2) is 12.5. The Morgan fingerprint density at radius 3 is 2.00 bits per heavy atom. The molecule has 3 N–H and O–H groups in total. The monoisotopic (exact) mass is 506 g/mol. The number of rotatable bonds is 9. The van der Waals surface area contributed by atoms with Crippen LogP contribution < -0.4 is 15.5 Å². The Hall–Kier alpha value is -4.37. The van der Waals surface area contributed by atoms with Crippen molar-refractivity contribution >= 4 is 18.0 Å². The Labute approximate surface area is 215 Å². The van der Waals surface area contributed by atoms with Crippen LogP contribution in [0.25, 0.3) is 0 Å². The van der Waals surface area contributed by atoms with Crippen molar-refractivity contribution in [2.24, 2.45) is 0 Å². The normalized spacial score (nSPS) is 11.7. The number of esters is 1. The van der Waals surface area contributed by atoms with Gasteiger partial charge in [0.2, 0.25) is 0 Å². The summed E-state index contributed by atoms with van der Waals surface area (Å²) in [6.45, 7) is 5.30. The molecule has 37 heavy (non-hydrogen) atoms. The van der Waals surface area contributed by atoms with Crippen molar-refractivity contribution in [2.75, 3.05) is 0 Å². The smallest absolute Gasteiger partial charge is 0.408 e. The number of hydrogen-bond acceptors (Lipinski definition) is 7. The second-order valence-corrected chi connectivity index (χ2v) is 9.21. The van der Waals surface area contributed by atoms with Crippen LogP contribution in [0.4, 0.5) is 4.79 Å². The molecular formula is C28H30N2O7. The summed E-state index contributed by atoms with van der Waals surface area (Å²) >= 11 is 0. The van der Waals surface area contributed by atoms with E-state index in [2.05, 4.69) is 5.32 Å². The highest BCUT2D eigenvalue weighted by molar-refractivity contribution is 5.93. The predicted molar refractivity (Wildman–Crippen MR) is 135 cm³/mol. The zero-order valence-electron chi connectivity index (χ0n) is 20.9. The van der Waals surface area contributed by atoms with Gasteiger partial charge in [0.15, 0.2) is 0 Å². The lowest BCUT2D eigenvalue weighted by atomic mass is 10.1. The molecular weight excluding hydrogens is 476 g/mol. The number of ether oxygens (including phenoxy) is 3. The lowest BCUT2D eigenvalue weighted by molar-refractivity contribution is -0.147. The van der Waals surface area contributed by atoms with Crippen molar-refractivity contribution in [3.63, 3.8) is 0 Å². The van der Waals surface area contributed by atoms with Crippen molar-refractivity contribution in [2.45, 2.75) is 45.4 Å². The first kappa shape index (κ1) is 27.2. The van der Waals surface area contributed by atoms with E-state index in [0.717, 1.165) is 11.1 Å². The topological polar surface area (TPSA) is 123 Å². The van der Waals surface area contributed by atoms with Crippen LogP contribution in [0.2, 0.25) is 0 Å². The summed E-state index contributed by atoms with van der Waals surface area (Å²) in [7, 11) is 0. The van der Waals surface area contributed by atoms with Gasteiger partial charge in [-0.15, -0.1) is 0 Å². The molecule has 2 amide bonds. The molecule has 0 saturated carbocycles. The maximum atomic E-state index is 12.9. The van der Waals surface area contributed by atoms with Gasteiger partial charge in [-0.3, -0.25) is 10.0 Å². The Morgan fingerprint density at radius 2 is 1.43 bits per heavy atom. The molecule has 0 aromatic heterocycles. The van der Waals surface area contributed by atoms with Crippen LogP contribution >= 0.6 is 0 Å². The molecule has 3 aromatic rings. The van der Waals surface area contributed by atoms with E-state index < -0.39 is 29.6 Å². The third kappa shape index (κ3) is 8.97. The van der Waals surface area contributed by atoms with E-state index in [-0.39, 0.29) is 18.6 Å². The minimum atomic E-state index is -0.962. The molecule has 0 spiro atoms. The van der Waals surface area contributed by atoms with Gasteiger partial charge in [-0.2, -0.15) is 0 Å². The number of alkyl carbamates (subject to hydrolysis) is 1. The molecule has 3 rings (SSSR count). The Balaban J connectivity index is 1.66. The average molecular weight is 507 g/mol. The number of hydroxylamine groups is 1. The summed E-state index contributed by atoms with van der Waals surface area (Å²) < 4.78 is 16.6. The number of hydrogen-bond donors (Lipinski definition) is 3. The summed E-state index contributed by atoms with van der Waals surface area (Å²) in [4.78, 5) is 36.7. The molecule has 1 atom stereocenters. The summed E-state index contributed by atoms with van der Waals surface area (Å²) in [6.07, 6.45) is -0.537. The molecule has 0 aliphatic heterocycles. The Morgan fingerprint density at radius 1 is 0.838 bits per heavy atom. The van der Waals surface area contributed by atoms with E-state index in [1.165, 1.54) is 12.1 Å². The third-order valence-electron chi connectivity index (χ3n) is 5.02. The number of amides is 2. The van der Waals surface area contributed by atoms with Crippen LogP contribution in [-0.2, 0) is 27.3 Å². The molecule has 0 saturated heterocycles. The quantitative estimate of drug-likeness (QED) is 0.217. The van der Waals surface area contributed by atoms with Gasteiger partial charge in [-0.1, -0.05) is 42.5 Å². The largest absolute Gasteiger partial charge is 0.459 e. The Kier molecular flexibility index (Phi) is 9.23. The third-order valence-corrected chi connectivity index (χ3v) is 5.02. The first-order valence-electron chi connectivity index (χ1n) is 11.6. The van der Waals surface area contributed by atoms with Crippen LogP contribution in [0, 0.1) is 0 Å². The first-order valence-corrected chi connectivity index (χ1v) is 11.6. The van der Waals surface area contributed by atoms with Gasteiger partial charge in [-0.05, 0) is 68.3 Å². The fraction of sp³-hybridized carbons (Fsp3) is 0.250. The highest BCUT2D eigenvalue weighted by Gasteiger charge is 2.26. The summed E-state index contributed by atoms with van der Waals surface area (Å²) in [6, 6.07) is 21.5. The number of nitrogens with one attached hydrogen (secondary N) is 2. The van der Waals surface area contributed by atoms with Gasteiger partial charge in [0.1, 0.15) is 29.7 Å². The SMILES string of the molecule is CC(C)(C)OC(=O)NC(Cc1ccc(Oc2ccc(C(=O)NO)cc2)cc1)C(=O)OCc1ccccc1. The lowest BCUT2D eigenvalue weighted by Gasteiger charge is -2.23. The van der Waals surface area contributed by atoms with E-state index in [0.29, 0.717) is 11.5 Å². The summed E-state index contributed by atoms with van der Waals surface area (Å²) in [5, 5.41) is 11.3. The van der Waals surface area contributed by atoms with E-state index in [1.54, 1.807) is 62.6 Å². The van der Waals surface area contributed by atoms with Crippen molar-refractivity contribution in [1.29, 1.82) is 0 Å². The van der Waals surface area contributed by atoms with E-state index in [4.69, 9.17) is 19.4 Å². The maximum absolute atomic E-state index is 12.9. The van der Waals surface area contributed by atoms with E-state index >= 15 is 0 Å². The Bertz CT molecular complexity index is 1190. The molecule has 0 fully saturated rings. The minimum Gasteiger partial charge on any atom is -0.459 e. The number of carbonyl (C=O) groups excluding carboxylic acids is 3. The fourth-order valence-corrected chi connectivity index (χ4v) is 3.28. The summed E-state index contributed by atoms with van der Waals surface area (Å²) in [5.41, 5.74) is 2.73. The minimum absolute atomic E-state index is 0.0811. The van der Waals surface area contributed by atoms with Gasteiger partial charge in [0, 0.05) is 12.0 Å². The van der Waals surface area contributed by atoms with Crippen molar-refractivity contribution in [1.82, 2.24) is 10.8 Å². The fourth-order valence-electron chi connectivity index (χ4n) is 3.28. The standard InChI is InChI=1S/C28H30N2O7/c1-28(2,3)37-27(33)29-24(26(32)35-18-20-7-5-4-6-8-20)17-19-9-13-22(14-10-19)36-23-15-11-21(12-16-23)25(31)30-34/h4-16,24,34H,17-18H2,1-3H3,(H,29,33)(H,30,31).